The highest BCUT2D eigenvalue weighted by atomic mass is 79.9. The zero-order valence-electron chi connectivity index (χ0n) is 51.6. The second-order valence-electron chi connectivity index (χ2n) is 21.6. The van der Waals surface area contributed by atoms with E-state index in [4.69, 9.17) is 20.9 Å². The molecule has 1 aliphatic rings. The van der Waals surface area contributed by atoms with E-state index in [2.05, 4.69) is 68.5 Å². The zero-order chi connectivity index (χ0) is 70.2. The molecule has 1 fully saturated rings. The summed E-state index contributed by atoms with van der Waals surface area (Å²) in [5.41, 5.74) is 11.1. The monoisotopic (exact) mass is 1380 g/mol. The smallest absolute Gasteiger partial charge is 0.329 e. The molecule has 514 valence electrons. The summed E-state index contributed by atoms with van der Waals surface area (Å²) in [5.74, 6) is -26.1. The van der Waals surface area contributed by atoms with Crippen molar-refractivity contribution in [2.45, 2.75) is 147 Å². The maximum absolute atomic E-state index is 14.7. The van der Waals surface area contributed by atoms with Gasteiger partial charge in [0.15, 0.2) is 23.1 Å². The molecule has 1 heterocycles. The number of ketones is 4. The SMILES string of the molecule is CCCC[C@@H]1NC(=O)CNC(=O)[C@@H](NC(=O)[C@H](CC(=O)O)CC(=O)[C@H](N)CC(N)=O)[C@@H](C)OC(=O)[C@H](CC(=O)c2cc(Br)ccc2NCC)NC(=O)[C@H]([C@H](C)CC(=O)O)CC(=O)[C@@H](CO)NC(=O)CNC(=O)[C@H](COC=O)NC(=O)[C@@H](C)NC(=O)[C@H](COC=O)CC1=O. The largest absolute Gasteiger partial charge is 0.481 e. The molecule has 0 saturated carbocycles. The lowest BCUT2D eigenvalue weighted by atomic mass is 9.84. The van der Waals surface area contributed by atoms with E-state index in [-0.39, 0.29) is 43.6 Å². The summed E-state index contributed by atoms with van der Waals surface area (Å²) in [6, 6.07) is -8.35. The average Bonchev–Trinajstić information content (AvgIpc) is 0.900. The molecule has 0 aliphatic carbocycles. The van der Waals surface area contributed by atoms with Crippen LogP contribution in [0.5, 0.6) is 0 Å². The number of carbonyl (C=O) groups excluding carboxylic acids is 16. The molecule has 1 saturated heterocycles. The van der Waals surface area contributed by atoms with E-state index in [1.54, 1.807) is 19.9 Å². The number of carboxylic acid groups (broad SMARTS) is 2. The van der Waals surface area contributed by atoms with Gasteiger partial charge in [0.05, 0.1) is 50.0 Å². The Morgan fingerprint density at radius 3 is 1.90 bits per heavy atom. The Morgan fingerprint density at radius 2 is 1.32 bits per heavy atom. The number of ether oxygens (including phenoxy) is 3. The third-order valence-corrected chi connectivity index (χ3v) is 14.7. The van der Waals surface area contributed by atoms with Crippen molar-refractivity contribution >= 4 is 129 Å². The summed E-state index contributed by atoms with van der Waals surface area (Å²) >= 11 is 3.28. The van der Waals surface area contributed by atoms with Gasteiger partial charge in [0.1, 0.15) is 49.5 Å². The molecule has 93 heavy (non-hydrogen) atoms. The number of carbonyl (C=O) groups is 18. The first-order valence-electron chi connectivity index (χ1n) is 29.2. The number of halogens is 1. The summed E-state index contributed by atoms with van der Waals surface area (Å²) in [4.78, 5) is 239. The van der Waals surface area contributed by atoms with E-state index in [9.17, 15) is 102 Å². The first-order chi connectivity index (χ1) is 43.8. The van der Waals surface area contributed by atoms with Crippen molar-refractivity contribution in [2.24, 2.45) is 35.1 Å². The number of nitrogens with two attached hydrogens (primary N) is 2. The molecule has 35 nitrogen and oxygen atoms in total. The number of Topliss-reactive ketones (excluding diaryl/α,β-unsaturated/α-hetero) is 4. The summed E-state index contributed by atoms with van der Waals surface area (Å²) in [6.45, 7) is 1.94. The second-order valence-corrected chi connectivity index (χ2v) is 22.6. The number of rotatable bonds is 27. The standard InChI is InChI=1S/C57H80BrN11O24/c1-6-8-9-37-43(75)14-31(23-91-25-71)53(86)64-28(4)51(84)68-40(24-92-26-72)55(88)62-20-47(79)66-39(22-70)44(76)17-33(27(3)12-48(80)81)54(87)67-38(19-41(73)34-16-32(58)10-11-36(34)61-7-2)57(90)93-29(5)50(56(89)63-21-46(78)65-37)69-52(85)30(15-49(82)83)13-42(74)35(59)18-45(60)77/h10-11,16,25-31,33,35,37-40,50,61,70H,6-9,12-15,17-24,59H2,1-5H3,(H2,60,77)(H,62,88)(H,63,89)(H,64,86)(H,65,78)(H,66,79)(H,67,87)(H,68,84)(H,69,85)(H,80,81)(H,82,83)/t27-,28-,29-,30+,31+,33+,35-,37+,38+,39-,40+,50+/m1/s1. The third kappa shape index (κ3) is 28.0. The summed E-state index contributed by atoms with van der Waals surface area (Å²) < 4.78 is 15.5. The summed E-state index contributed by atoms with van der Waals surface area (Å²) in [7, 11) is 0. The fraction of sp³-hybridized carbons (Fsp3) is 0.579. The number of aliphatic carboxylic acids is 2. The maximum atomic E-state index is 14.7. The van der Waals surface area contributed by atoms with Crippen LogP contribution >= 0.6 is 15.9 Å². The average molecular weight is 1380 g/mol. The number of aliphatic hydroxyl groups is 1. The number of cyclic esters (lactones) is 1. The Labute approximate surface area is 540 Å². The second kappa shape index (κ2) is 40.5. The molecule has 9 amide bonds. The molecule has 1 aliphatic heterocycles. The molecule has 36 heteroatoms. The number of carboxylic acids is 2. The summed E-state index contributed by atoms with van der Waals surface area (Å²) in [5, 5.41) is 50.8. The molecule has 16 N–H and O–H groups in total. The number of esters is 1. The van der Waals surface area contributed by atoms with Crippen molar-refractivity contribution in [3.63, 3.8) is 0 Å². The molecule has 0 spiro atoms. The van der Waals surface area contributed by atoms with Crippen LogP contribution in [0.4, 0.5) is 5.69 Å². The van der Waals surface area contributed by atoms with E-state index in [0.29, 0.717) is 10.9 Å². The Morgan fingerprint density at radius 1 is 0.731 bits per heavy atom. The van der Waals surface area contributed by atoms with Crippen LogP contribution in [0.15, 0.2) is 22.7 Å². The zero-order valence-corrected chi connectivity index (χ0v) is 53.2. The Balaban J connectivity index is 2.98. The van der Waals surface area contributed by atoms with E-state index < -0.39 is 244 Å². The molecular weight excluding hydrogens is 1300 g/mol. The molecule has 12 atom stereocenters. The highest BCUT2D eigenvalue weighted by Gasteiger charge is 2.40. The molecule has 2 rings (SSSR count). The minimum atomic E-state index is -2.23. The minimum Gasteiger partial charge on any atom is -0.481 e. The van der Waals surface area contributed by atoms with Crippen molar-refractivity contribution in [1.82, 2.24) is 42.5 Å². The highest BCUT2D eigenvalue weighted by molar-refractivity contribution is 9.10. The number of unbranched alkanes of at least 4 members (excludes halogenated alkanes) is 1. The fourth-order valence-corrected chi connectivity index (χ4v) is 9.53. The van der Waals surface area contributed by atoms with E-state index >= 15 is 0 Å². The van der Waals surface area contributed by atoms with Gasteiger partial charge in [-0.1, -0.05) is 42.6 Å². The number of amides is 9. The van der Waals surface area contributed by atoms with Gasteiger partial charge in [-0.2, -0.15) is 0 Å². The van der Waals surface area contributed by atoms with Gasteiger partial charge in [-0.3, -0.25) is 81.5 Å². The van der Waals surface area contributed by atoms with Crippen molar-refractivity contribution < 1.29 is 116 Å². The van der Waals surface area contributed by atoms with Crippen LogP contribution < -0.4 is 59.3 Å². The van der Waals surface area contributed by atoms with Crippen LogP contribution in [-0.4, -0.2) is 210 Å². The predicted molar refractivity (Wildman–Crippen MR) is 322 cm³/mol. The molecule has 1 aromatic carbocycles. The van der Waals surface area contributed by atoms with Gasteiger partial charge in [-0.25, -0.2) is 4.79 Å². The Bertz CT molecular complexity index is 2930. The van der Waals surface area contributed by atoms with E-state index in [1.165, 1.54) is 19.1 Å². The van der Waals surface area contributed by atoms with Gasteiger partial charge >= 0.3 is 17.9 Å². The molecule has 0 unspecified atom stereocenters. The molecule has 1 aromatic rings. The van der Waals surface area contributed by atoms with Gasteiger partial charge in [0.2, 0.25) is 53.2 Å². The number of primary amides is 1. The first-order valence-corrected chi connectivity index (χ1v) is 30.0. The molecular formula is C57H80BrN11O24. The lowest BCUT2D eigenvalue weighted by Gasteiger charge is -2.29. The minimum absolute atomic E-state index is 0.0516. The number of nitrogens with one attached hydrogen (secondary N) is 9. The number of hydrogen-bond acceptors (Lipinski definition) is 24. The topological polar surface area (TPSA) is 556 Å². The highest BCUT2D eigenvalue weighted by Crippen LogP contribution is 2.26. The van der Waals surface area contributed by atoms with E-state index in [0.717, 1.165) is 13.8 Å². The quantitative estimate of drug-likeness (QED) is 0.0171. The molecule has 0 radical (unpaired) electrons. The van der Waals surface area contributed by atoms with Gasteiger partial charge in [0.25, 0.3) is 12.9 Å². The van der Waals surface area contributed by atoms with Crippen LogP contribution in [0.3, 0.4) is 0 Å². The lowest BCUT2D eigenvalue weighted by molar-refractivity contribution is -0.156. The van der Waals surface area contributed by atoms with Gasteiger partial charge < -0.3 is 88.8 Å². The van der Waals surface area contributed by atoms with Crippen LogP contribution in [0.1, 0.15) is 109 Å². The predicted octanol–water partition coefficient (Wildman–Crippen LogP) is -4.40. The lowest BCUT2D eigenvalue weighted by Crippen LogP contribution is -2.57. The van der Waals surface area contributed by atoms with Crippen molar-refractivity contribution in [3.05, 3.63) is 28.2 Å². The van der Waals surface area contributed by atoms with Gasteiger partial charge in [-0.05, 0) is 51.3 Å². The number of hydrogen-bond donors (Lipinski definition) is 14. The van der Waals surface area contributed by atoms with Crippen molar-refractivity contribution in [2.75, 3.05) is 44.8 Å². The fourth-order valence-electron chi connectivity index (χ4n) is 9.17. The number of anilines is 1. The van der Waals surface area contributed by atoms with E-state index in [1.807, 2.05) is 0 Å². The number of aliphatic hydroxyl groups excluding tert-OH is 1. The van der Waals surface area contributed by atoms with Crippen LogP contribution in [0.25, 0.3) is 0 Å². The molecule has 0 bridgehead atoms. The van der Waals surface area contributed by atoms with Crippen LogP contribution in [0, 0.1) is 23.7 Å². The maximum Gasteiger partial charge on any atom is 0.329 e. The normalized spacial score (nSPS) is 23.2. The third-order valence-electron chi connectivity index (χ3n) is 14.2. The first kappa shape index (κ1) is 79.8. The van der Waals surface area contributed by atoms with Gasteiger partial charge in [0, 0.05) is 66.7 Å². The van der Waals surface area contributed by atoms with Crippen LogP contribution in [0.2, 0.25) is 0 Å². The Hall–Kier alpha value is -9.32. The van der Waals surface area contributed by atoms with Gasteiger partial charge in [-0.15, -0.1) is 0 Å². The number of benzene rings is 1. The molecule has 0 aromatic heterocycles. The Kier molecular flexibility index (Phi) is 34.8. The van der Waals surface area contributed by atoms with Crippen molar-refractivity contribution in [3.8, 4) is 0 Å². The van der Waals surface area contributed by atoms with Crippen LogP contribution in [-0.2, 0) is 95.7 Å². The summed E-state index contributed by atoms with van der Waals surface area (Å²) in [6.07, 6.45) is -7.89. The van der Waals surface area contributed by atoms with Crippen molar-refractivity contribution in [1.29, 1.82) is 0 Å².